The first kappa shape index (κ1) is 15.3. The van der Waals surface area contributed by atoms with Crippen molar-refractivity contribution in [2.75, 3.05) is 6.54 Å². The maximum Gasteiger partial charge on any atom is 0.188 e. The molecule has 1 heterocycles. The molecule has 1 aliphatic rings. The van der Waals surface area contributed by atoms with E-state index in [2.05, 4.69) is 15.3 Å². The number of hydrogen-bond donors (Lipinski definition) is 2. The van der Waals surface area contributed by atoms with Crippen molar-refractivity contribution in [3.8, 4) is 0 Å². The van der Waals surface area contributed by atoms with E-state index in [1.165, 1.54) is 32.1 Å². The molecule has 0 saturated heterocycles. The fourth-order valence-electron chi connectivity index (χ4n) is 2.21. The van der Waals surface area contributed by atoms with Crippen LogP contribution in [0, 0.1) is 0 Å². The van der Waals surface area contributed by atoms with Gasteiger partial charge in [-0.1, -0.05) is 19.3 Å². The van der Waals surface area contributed by atoms with E-state index < -0.39 is 0 Å². The average molecular weight is 363 g/mol. The second-order valence-electron chi connectivity index (χ2n) is 4.55. The molecule has 1 fully saturated rings. The van der Waals surface area contributed by atoms with Gasteiger partial charge in [-0.15, -0.1) is 24.0 Å². The van der Waals surface area contributed by atoms with Gasteiger partial charge in [-0.05, 0) is 12.8 Å². The van der Waals surface area contributed by atoms with Gasteiger partial charge in [0, 0.05) is 25.0 Å². The van der Waals surface area contributed by atoms with Crippen LogP contribution in [0.3, 0.4) is 0 Å². The van der Waals surface area contributed by atoms with Crippen molar-refractivity contribution in [1.82, 2.24) is 14.9 Å². The molecule has 1 saturated carbocycles. The van der Waals surface area contributed by atoms with Gasteiger partial charge in [-0.25, -0.2) is 4.98 Å². The van der Waals surface area contributed by atoms with Crippen LogP contribution in [0.1, 0.15) is 32.1 Å². The molecule has 18 heavy (non-hydrogen) atoms. The Labute approximate surface area is 125 Å². The first-order chi connectivity index (χ1) is 8.34. The minimum absolute atomic E-state index is 0. The highest BCUT2D eigenvalue weighted by Gasteiger charge is 2.12. The van der Waals surface area contributed by atoms with E-state index in [4.69, 9.17) is 5.73 Å². The predicted octanol–water partition coefficient (Wildman–Crippen LogP) is 1.74. The zero-order valence-corrected chi connectivity index (χ0v) is 12.9. The Morgan fingerprint density at radius 3 is 2.83 bits per heavy atom. The van der Waals surface area contributed by atoms with Crippen molar-refractivity contribution in [3.63, 3.8) is 0 Å². The molecule has 102 valence electrons. The lowest BCUT2D eigenvalue weighted by atomic mass is 9.96. The van der Waals surface area contributed by atoms with E-state index in [9.17, 15) is 0 Å². The van der Waals surface area contributed by atoms with Gasteiger partial charge >= 0.3 is 0 Å². The lowest BCUT2D eigenvalue weighted by Crippen LogP contribution is -2.41. The first-order valence-corrected chi connectivity index (χ1v) is 6.37. The number of aliphatic imine (C=N–C) groups is 1. The summed E-state index contributed by atoms with van der Waals surface area (Å²) in [5, 5.41) is 3.30. The average Bonchev–Trinajstić information content (AvgIpc) is 2.83. The summed E-state index contributed by atoms with van der Waals surface area (Å²) in [7, 11) is 0. The van der Waals surface area contributed by atoms with Gasteiger partial charge in [-0.2, -0.15) is 0 Å². The van der Waals surface area contributed by atoms with Gasteiger partial charge in [-0.3, -0.25) is 4.99 Å². The van der Waals surface area contributed by atoms with Gasteiger partial charge in [0.05, 0.1) is 12.9 Å². The summed E-state index contributed by atoms with van der Waals surface area (Å²) in [6.45, 7) is 1.52. The van der Waals surface area contributed by atoms with E-state index in [0.717, 1.165) is 6.54 Å². The zero-order chi connectivity index (χ0) is 11.9. The molecule has 6 heteroatoms. The van der Waals surface area contributed by atoms with Crippen LogP contribution >= 0.6 is 24.0 Å². The Bertz CT molecular complexity index is 343. The third-order valence-electron chi connectivity index (χ3n) is 3.16. The summed E-state index contributed by atoms with van der Waals surface area (Å²) in [6, 6.07) is 0.528. The van der Waals surface area contributed by atoms with Crippen LogP contribution < -0.4 is 11.1 Å². The summed E-state index contributed by atoms with van der Waals surface area (Å²) in [5.74, 6) is 0.581. The van der Waals surface area contributed by atoms with Gasteiger partial charge in [0.15, 0.2) is 5.96 Å². The Morgan fingerprint density at radius 2 is 2.17 bits per heavy atom. The molecule has 1 aromatic heterocycles. The Kier molecular flexibility index (Phi) is 7.07. The molecule has 2 rings (SSSR count). The lowest BCUT2D eigenvalue weighted by Gasteiger charge is -2.23. The second kappa shape index (κ2) is 8.34. The Balaban J connectivity index is 0.00000162. The van der Waals surface area contributed by atoms with Crippen LogP contribution in [0.15, 0.2) is 23.7 Å². The minimum Gasteiger partial charge on any atom is -0.370 e. The summed E-state index contributed by atoms with van der Waals surface area (Å²) >= 11 is 0. The number of rotatable bonds is 4. The number of aromatic nitrogens is 2. The number of imidazole rings is 1. The van der Waals surface area contributed by atoms with Crippen LogP contribution in [-0.2, 0) is 6.54 Å². The molecule has 1 aliphatic carbocycles. The maximum atomic E-state index is 5.86. The quantitative estimate of drug-likeness (QED) is 0.487. The van der Waals surface area contributed by atoms with Crippen LogP contribution in [0.4, 0.5) is 0 Å². The molecule has 3 N–H and O–H groups in total. The van der Waals surface area contributed by atoms with E-state index in [1.807, 2.05) is 10.8 Å². The second-order valence-corrected chi connectivity index (χ2v) is 4.55. The van der Waals surface area contributed by atoms with Crippen LogP contribution in [0.25, 0.3) is 0 Å². The van der Waals surface area contributed by atoms with Crippen molar-refractivity contribution in [2.24, 2.45) is 10.7 Å². The number of nitrogens with one attached hydrogen (secondary N) is 1. The third-order valence-corrected chi connectivity index (χ3v) is 3.16. The molecule has 0 unspecified atom stereocenters. The van der Waals surface area contributed by atoms with Crippen LogP contribution in [0.2, 0.25) is 0 Å². The standard InChI is InChI=1S/C12H21N5.HI/c13-12(16-11-4-2-1-3-5-11)15-7-9-17-8-6-14-10-17;/h6,8,10-11H,1-5,7,9H2,(H3,13,15,16);1H. The van der Waals surface area contributed by atoms with Crippen molar-refractivity contribution in [1.29, 1.82) is 0 Å². The van der Waals surface area contributed by atoms with Crippen LogP contribution in [0.5, 0.6) is 0 Å². The molecular weight excluding hydrogens is 341 g/mol. The normalized spacial score (nSPS) is 17.2. The molecular formula is C12H22IN5. The van der Waals surface area contributed by atoms with Crippen molar-refractivity contribution in [3.05, 3.63) is 18.7 Å². The van der Waals surface area contributed by atoms with Gasteiger partial charge in [0.1, 0.15) is 0 Å². The number of nitrogens with zero attached hydrogens (tertiary/aromatic N) is 3. The molecule has 0 amide bonds. The van der Waals surface area contributed by atoms with Crippen molar-refractivity contribution in [2.45, 2.75) is 44.7 Å². The SMILES string of the molecule is I.NC(=NCCn1ccnc1)NC1CCCCC1. The zero-order valence-electron chi connectivity index (χ0n) is 10.6. The monoisotopic (exact) mass is 363 g/mol. The molecule has 0 aromatic carbocycles. The molecule has 0 spiro atoms. The fourth-order valence-corrected chi connectivity index (χ4v) is 2.21. The molecule has 0 aliphatic heterocycles. The molecule has 0 radical (unpaired) electrons. The Hall–Kier alpha value is -0.790. The number of nitrogens with two attached hydrogens (primary N) is 1. The Morgan fingerprint density at radius 1 is 1.39 bits per heavy atom. The highest BCUT2D eigenvalue weighted by Crippen LogP contribution is 2.16. The minimum atomic E-state index is 0. The predicted molar refractivity (Wildman–Crippen MR) is 84.1 cm³/mol. The fraction of sp³-hybridized carbons (Fsp3) is 0.667. The number of halogens is 1. The topological polar surface area (TPSA) is 68.2 Å². The largest absolute Gasteiger partial charge is 0.370 e. The number of guanidine groups is 1. The van der Waals surface area contributed by atoms with E-state index in [0.29, 0.717) is 18.5 Å². The van der Waals surface area contributed by atoms with E-state index in [1.54, 1.807) is 12.5 Å². The summed E-state index contributed by atoms with van der Waals surface area (Å²) in [5.41, 5.74) is 5.86. The molecule has 1 aromatic rings. The van der Waals surface area contributed by atoms with Gasteiger partial charge in [0.25, 0.3) is 0 Å². The first-order valence-electron chi connectivity index (χ1n) is 6.37. The van der Waals surface area contributed by atoms with Crippen LogP contribution in [-0.4, -0.2) is 28.1 Å². The third kappa shape index (κ3) is 5.24. The summed E-state index contributed by atoms with van der Waals surface area (Å²) < 4.78 is 2.00. The number of hydrogen-bond acceptors (Lipinski definition) is 2. The van der Waals surface area contributed by atoms with Crippen molar-refractivity contribution >= 4 is 29.9 Å². The summed E-state index contributed by atoms with van der Waals surface area (Å²) in [4.78, 5) is 8.31. The van der Waals surface area contributed by atoms with E-state index in [-0.39, 0.29) is 24.0 Å². The molecule has 5 nitrogen and oxygen atoms in total. The molecule has 0 atom stereocenters. The lowest BCUT2D eigenvalue weighted by molar-refractivity contribution is 0.412. The highest BCUT2D eigenvalue weighted by molar-refractivity contribution is 14.0. The van der Waals surface area contributed by atoms with E-state index >= 15 is 0 Å². The highest BCUT2D eigenvalue weighted by atomic mass is 127. The van der Waals surface area contributed by atoms with Gasteiger partial charge in [0.2, 0.25) is 0 Å². The summed E-state index contributed by atoms with van der Waals surface area (Å²) in [6.07, 6.45) is 11.9. The van der Waals surface area contributed by atoms with Crippen molar-refractivity contribution < 1.29 is 0 Å². The molecule has 0 bridgehead atoms. The maximum absolute atomic E-state index is 5.86. The van der Waals surface area contributed by atoms with Gasteiger partial charge < -0.3 is 15.6 Å². The smallest absolute Gasteiger partial charge is 0.188 e.